The number of cyclic esters (lactones) is 1. The van der Waals surface area contributed by atoms with Crippen molar-refractivity contribution in [1.29, 1.82) is 0 Å². The van der Waals surface area contributed by atoms with Crippen LogP contribution in [-0.4, -0.2) is 61.4 Å². The van der Waals surface area contributed by atoms with E-state index < -0.39 is 0 Å². The molecule has 154 valence electrons. The molecule has 1 fully saturated rings. The maximum absolute atomic E-state index is 10.5. The molecule has 0 atom stereocenters. The number of aliphatic hydroxyl groups is 2. The van der Waals surface area contributed by atoms with E-state index in [0.717, 1.165) is 19.3 Å². The third kappa shape index (κ3) is 12.6. The molecule has 0 unspecified atom stereocenters. The van der Waals surface area contributed by atoms with Crippen molar-refractivity contribution in [2.45, 2.75) is 32.6 Å². The molecular formula is C19H26N2O7. The first-order valence-corrected chi connectivity index (χ1v) is 8.81. The monoisotopic (exact) mass is 394 g/mol. The number of esters is 1. The summed E-state index contributed by atoms with van der Waals surface area (Å²) in [6.45, 7) is 3.05. The van der Waals surface area contributed by atoms with Gasteiger partial charge < -0.3 is 19.7 Å². The zero-order chi connectivity index (χ0) is 21.0. The van der Waals surface area contributed by atoms with Crippen LogP contribution in [0.15, 0.2) is 28.2 Å². The number of nitrogens with zero attached hydrogens (tertiary/aromatic N) is 2. The zero-order valence-electron chi connectivity index (χ0n) is 15.9. The molecule has 1 aromatic rings. The van der Waals surface area contributed by atoms with Crippen molar-refractivity contribution in [2.75, 3.05) is 33.0 Å². The molecule has 9 nitrogen and oxygen atoms in total. The Morgan fingerprint density at radius 1 is 1.04 bits per heavy atom. The number of hydrogen-bond donors (Lipinski definition) is 2. The molecule has 0 aliphatic carbocycles. The summed E-state index contributed by atoms with van der Waals surface area (Å²) in [5.74, 6) is -0.0255. The second-order valence-electron chi connectivity index (χ2n) is 5.42. The first-order valence-electron chi connectivity index (χ1n) is 8.81. The summed E-state index contributed by atoms with van der Waals surface area (Å²) >= 11 is 0. The standard InChI is InChI=1S/C9H6N2O2.C6H10O2.C4H10O3/c1-7-8(10-5-12)3-2-4-9(7)11-6-13;7-6-4-2-1-3-5-8-6;5-1-3-7-4-2-6/h2-4H,1H3;1-5H2;5-6H,1-4H2. The highest BCUT2D eigenvalue weighted by Gasteiger charge is 2.05. The van der Waals surface area contributed by atoms with Crippen molar-refractivity contribution < 1.29 is 34.1 Å². The quantitative estimate of drug-likeness (QED) is 0.326. The van der Waals surface area contributed by atoms with Gasteiger partial charge in [0, 0.05) is 12.0 Å². The highest BCUT2D eigenvalue weighted by atomic mass is 16.5. The van der Waals surface area contributed by atoms with Crippen LogP contribution in [0.5, 0.6) is 0 Å². The van der Waals surface area contributed by atoms with Gasteiger partial charge in [-0.3, -0.25) is 4.79 Å². The van der Waals surface area contributed by atoms with Gasteiger partial charge in [-0.05, 0) is 38.3 Å². The topological polar surface area (TPSA) is 135 Å². The largest absolute Gasteiger partial charge is 0.466 e. The molecule has 1 aliphatic heterocycles. The van der Waals surface area contributed by atoms with Gasteiger partial charge >= 0.3 is 5.97 Å². The maximum atomic E-state index is 10.5. The molecular weight excluding hydrogens is 368 g/mol. The van der Waals surface area contributed by atoms with Crippen molar-refractivity contribution >= 4 is 29.5 Å². The zero-order valence-corrected chi connectivity index (χ0v) is 15.9. The molecule has 28 heavy (non-hydrogen) atoms. The Morgan fingerprint density at radius 2 is 1.61 bits per heavy atom. The van der Waals surface area contributed by atoms with Gasteiger partial charge in [0.15, 0.2) is 0 Å². The molecule has 1 heterocycles. The summed E-state index contributed by atoms with van der Waals surface area (Å²) in [4.78, 5) is 37.4. The molecule has 2 N–H and O–H groups in total. The summed E-state index contributed by atoms with van der Waals surface area (Å²) in [5, 5.41) is 16.2. The third-order valence-electron chi connectivity index (χ3n) is 3.37. The number of benzene rings is 1. The van der Waals surface area contributed by atoms with Crippen LogP contribution in [0, 0.1) is 6.92 Å². The Labute approximate surface area is 163 Å². The van der Waals surface area contributed by atoms with Crippen molar-refractivity contribution in [3.05, 3.63) is 23.8 Å². The van der Waals surface area contributed by atoms with Gasteiger partial charge in [0.05, 0.1) is 44.4 Å². The van der Waals surface area contributed by atoms with E-state index in [1.807, 2.05) is 0 Å². The van der Waals surface area contributed by atoms with Gasteiger partial charge in [0.1, 0.15) is 0 Å². The van der Waals surface area contributed by atoms with Crippen molar-refractivity contribution in [3.63, 3.8) is 0 Å². The lowest BCUT2D eigenvalue weighted by atomic mass is 10.1. The van der Waals surface area contributed by atoms with Crippen LogP contribution < -0.4 is 0 Å². The third-order valence-corrected chi connectivity index (χ3v) is 3.37. The Bertz CT molecular complexity index is 616. The Kier molecular flexibility index (Phi) is 16.0. The van der Waals surface area contributed by atoms with Gasteiger partial charge in [-0.15, -0.1) is 0 Å². The number of rotatable bonds is 6. The van der Waals surface area contributed by atoms with Gasteiger partial charge in [-0.1, -0.05) is 6.07 Å². The fourth-order valence-corrected chi connectivity index (χ4v) is 1.99. The van der Waals surface area contributed by atoms with Crippen molar-refractivity contribution in [2.24, 2.45) is 9.98 Å². The van der Waals surface area contributed by atoms with Crippen LogP contribution >= 0.6 is 0 Å². The van der Waals surface area contributed by atoms with Gasteiger partial charge in [0.2, 0.25) is 12.2 Å². The van der Waals surface area contributed by atoms with E-state index in [1.165, 1.54) is 12.2 Å². The maximum Gasteiger partial charge on any atom is 0.305 e. The van der Waals surface area contributed by atoms with Gasteiger partial charge in [-0.2, -0.15) is 9.98 Å². The number of isocyanates is 2. The fraction of sp³-hybridized carbons (Fsp3) is 0.526. The lowest BCUT2D eigenvalue weighted by molar-refractivity contribution is -0.142. The van der Waals surface area contributed by atoms with Crippen molar-refractivity contribution in [1.82, 2.24) is 0 Å². The molecule has 2 rings (SSSR count). The average molecular weight is 394 g/mol. The minimum atomic E-state index is -0.0255. The average Bonchev–Trinajstić information content (AvgIpc) is 2.94. The Hall–Kier alpha value is -2.67. The Balaban J connectivity index is 0.000000419. The summed E-state index contributed by atoms with van der Waals surface area (Å²) < 4.78 is 9.40. The number of carbonyl (C=O) groups excluding carboxylic acids is 3. The molecule has 0 radical (unpaired) electrons. The molecule has 0 bridgehead atoms. The van der Waals surface area contributed by atoms with E-state index >= 15 is 0 Å². The fourth-order valence-electron chi connectivity index (χ4n) is 1.99. The minimum Gasteiger partial charge on any atom is -0.466 e. The van der Waals surface area contributed by atoms with E-state index in [4.69, 9.17) is 14.9 Å². The predicted molar refractivity (Wildman–Crippen MR) is 101 cm³/mol. The van der Waals surface area contributed by atoms with E-state index in [1.54, 1.807) is 25.1 Å². The van der Waals surface area contributed by atoms with Crippen LogP contribution in [0.3, 0.4) is 0 Å². The summed E-state index contributed by atoms with van der Waals surface area (Å²) in [6, 6.07) is 4.94. The predicted octanol–water partition coefficient (Wildman–Crippen LogP) is 2.02. The number of aliphatic imine (C=N–C) groups is 2. The number of ether oxygens (including phenoxy) is 2. The van der Waals surface area contributed by atoms with Gasteiger partial charge in [-0.25, -0.2) is 9.59 Å². The molecule has 0 aromatic heterocycles. The van der Waals surface area contributed by atoms with E-state index in [-0.39, 0.29) is 19.2 Å². The SMILES string of the molecule is Cc1c(N=C=O)cccc1N=C=O.O=C1CCCCCO1.OCCOCCO. The van der Waals surface area contributed by atoms with E-state index in [0.29, 0.717) is 43.2 Å². The Morgan fingerprint density at radius 3 is 2.11 bits per heavy atom. The smallest absolute Gasteiger partial charge is 0.305 e. The van der Waals surface area contributed by atoms with Crippen LogP contribution in [0.4, 0.5) is 11.4 Å². The highest BCUT2D eigenvalue weighted by molar-refractivity contribution is 5.69. The normalized spacial score (nSPS) is 12.5. The highest BCUT2D eigenvalue weighted by Crippen LogP contribution is 2.26. The van der Waals surface area contributed by atoms with Crippen LogP contribution in [-0.2, 0) is 23.9 Å². The molecule has 0 amide bonds. The molecule has 1 aromatic carbocycles. The summed E-state index contributed by atoms with van der Waals surface area (Å²) in [7, 11) is 0. The minimum absolute atomic E-state index is 0.0255. The van der Waals surface area contributed by atoms with Gasteiger partial charge in [0.25, 0.3) is 0 Å². The second-order valence-corrected chi connectivity index (χ2v) is 5.42. The molecule has 1 aliphatic rings. The van der Waals surface area contributed by atoms with E-state index in [9.17, 15) is 14.4 Å². The molecule has 1 saturated heterocycles. The first-order chi connectivity index (χ1) is 13.6. The van der Waals surface area contributed by atoms with Crippen LogP contribution in [0.25, 0.3) is 0 Å². The molecule has 0 spiro atoms. The molecule has 9 heteroatoms. The summed E-state index contributed by atoms with van der Waals surface area (Å²) in [6.07, 6.45) is 6.69. The lowest BCUT2D eigenvalue weighted by Gasteiger charge is -1.99. The first kappa shape index (κ1) is 25.3. The van der Waals surface area contributed by atoms with Crippen molar-refractivity contribution in [3.8, 4) is 0 Å². The van der Waals surface area contributed by atoms with Crippen LogP contribution in [0.2, 0.25) is 0 Å². The number of aliphatic hydroxyl groups excluding tert-OH is 2. The summed E-state index contributed by atoms with van der Waals surface area (Å²) in [5.41, 5.74) is 1.59. The van der Waals surface area contributed by atoms with Crippen LogP contribution in [0.1, 0.15) is 31.2 Å². The molecule has 0 saturated carbocycles. The number of hydrogen-bond acceptors (Lipinski definition) is 9. The van der Waals surface area contributed by atoms with E-state index in [2.05, 4.69) is 14.7 Å². The lowest BCUT2D eigenvalue weighted by Crippen LogP contribution is -2.03. The number of carbonyl (C=O) groups is 1. The second kappa shape index (κ2) is 17.7.